The van der Waals surface area contributed by atoms with Crippen LogP contribution in [0.15, 0.2) is 127 Å². The van der Waals surface area contributed by atoms with Crippen molar-refractivity contribution in [3.8, 4) is 33.8 Å². The molecule has 0 spiro atoms. The second kappa shape index (κ2) is 8.19. The molecular formula is C39H30O. The molecular weight excluding hydrogens is 484 g/mol. The molecule has 1 nitrogen and oxygen atoms in total. The van der Waals surface area contributed by atoms with E-state index in [0.717, 1.165) is 11.5 Å². The summed E-state index contributed by atoms with van der Waals surface area (Å²) in [4.78, 5) is 0. The molecule has 1 aliphatic heterocycles. The standard InChI is InChI=1S/C39H30O/c1-38(2)32-17-9-10-18-35(32)40-36-19-11-16-29(37(36)38)27-20-21-30-31-22-25-12-7-8-13-26(25)23-34(31)39(3,33(30)24-27)28-14-5-4-6-15-28/h4-24H,1-3H3. The van der Waals surface area contributed by atoms with Crippen LogP contribution in [-0.4, -0.2) is 0 Å². The van der Waals surface area contributed by atoms with Crippen molar-refractivity contribution in [2.45, 2.75) is 31.6 Å². The molecule has 0 bridgehead atoms. The molecule has 0 saturated carbocycles. The number of rotatable bonds is 2. The first-order valence-electron chi connectivity index (χ1n) is 14.1. The van der Waals surface area contributed by atoms with E-state index in [0.29, 0.717) is 0 Å². The smallest absolute Gasteiger partial charge is 0.132 e. The Hall–Kier alpha value is -4.62. The van der Waals surface area contributed by atoms with Gasteiger partial charge in [-0.05, 0) is 87.0 Å². The van der Waals surface area contributed by atoms with Gasteiger partial charge in [0, 0.05) is 22.0 Å². The zero-order chi connectivity index (χ0) is 27.1. The molecule has 40 heavy (non-hydrogen) atoms. The Balaban J connectivity index is 1.38. The third-order valence-electron chi connectivity index (χ3n) is 9.37. The minimum atomic E-state index is -0.264. The minimum absolute atomic E-state index is 0.191. The maximum Gasteiger partial charge on any atom is 0.132 e. The number of fused-ring (bicyclic) bond motifs is 6. The largest absolute Gasteiger partial charge is 0.457 e. The van der Waals surface area contributed by atoms with Gasteiger partial charge < -0.3 is 4.74 Å². The SMILES string of the molecule is CC1(C)c2ccccc2Oc2cccc(-c3ccc4c(c3)C(C)(c3ccccc3)c3cc5ccccc5cc3-4)c21. The lowest BCUT2D eigenvalue weighted by Crippen LogP contribution is -2.25. The second-order valence-electron chi connectivity index (χ2n) is 11.9. The van der Waals surface area contributed by atoms with Crippen LogP contribution in [0.4, 0.5) is 0 Å². The number of para-hydroxylation sites is 1. The van der Waals surface area contributed by atoms with Crippen LogP contribution >= 0.6 is 0 Å². The third-order valence-corrected chi connectivity index (χ3v) is 9.37. The van der Waals surface area contributed by atoms with Gasteiger partial charge in [0.15, 0.2) is 0 Å². The van der Waals surface area contributed by atoms with Crippen molar-refractivity contribution in [3.63, 3.8) is 0 Å². The summed E-state index contributed by atoms with van der Waals surface area (Å²) in [6.07, 6.45) is 0. The molecule has 0 aromatic heterocycles. The van der Waals surface area contributed by atoms with E-state index in [1.165, 1.54) is 60.8 Å². The normalized spacial score (nSPS) is 17.9. The third kappa shape index (κ3) is 3.09. The van der Waals surface area contributed by atoms with Crippen LogP contribution in [0.3, 0.4) is 0 Å². The fourth-order valence-electron chi connectivity index (χ4n) is 7.29. The Morgan fingerprint density at radius 3 is 1.98 bits per heavy atom. The molecule has 6 aromatic rings. The number of ether oxygens (including phenoxy) is 1. The summed E-state index contributed by atoms with van der Waals surface area (Å²) >= 11 is 0. The molecule has 192 valence electrons. The molecule has 6 aromatic carbocycles. The molecule has 0 radical (unpaired) electrons. The van der Waals surface area contributed by atoms with Crippen molar-refractivity contribution >= 4 is 10.8 Å². The van der Waals surface area contributed by atoms with Crippen molar-refractivity contribution in [1.82, 2.24) is 0 Å². The van der Waals surface area contributed by atoms with Gasteiger partial charge in [0.1, 0.15) is 11.5 Å². The maximum absolute atomic E-state index is 6.47. The number of hydrogen-bond acceptors (Lipinski definition) is 1. The number of hydrogen-bond donors (Lipinski definition) is 0. The molecule has 0 amide bonds. The Morgan fingerprint density at radius 2 is 1.15 bits per heavy atom. The summed E-state index contributed by atoms with van der Waals surface area (Å²) in [5, 5.41) is 2.56. The van der Waals surface area contributed by atoms with Crippen LogP contribution in [-0.2, 0) is 10.8 Å². The van der Waals surface area contributed by atoms with Crippen LogP contribution in [0.1, 0.15) is 48.6 Å². The molecule has 1 unspecified atom stereocenters. The van der Waals surface area contributed by atoms with E-state index in [2.05, 4.69) is 148 Å². The van der Waals surface area contributed by atoms with Gasteiger partial charge in [0.05, 0.1) is 0 Å². The zero-order valence-corrected chi connectivity index (χ0v) is 23.0. The van der Waals surface area contributed by atoms with Crippen LogP contribution in [0.2, 0.25) is 0 Å². The Bertz CT molecular complexity index is 1960. The van der Waals surface area contributed by atoms with Crippen molar-refractivity contribution < 1.29 is 4.74 Å². The topological polar surface area (TPSA) is 9.23 Å². The van der Waals surface area contributed by atoms with Gasteiger partial charge in [-0.2, -0.15) is 0 Å². The fourth-order valence-corrected chi connectivity index (χ4v) is 7.29. The first-order chi connectivity index (χ1) is 19.5. The summed E-state index contributed by atoms with van der Waals surface area (Å²) in [5.74, 6) is 1.90. The highest BCUT2D eigenvalue weighted by molar-refractivity contribution is 5.95. The van der Waals surface area contributed by atoms with Crippen LogP contribution in [0.25, 0.3) is 33.0 Å². The monoisotopic (exact) mass is 514 g/mol. The van der Waals surface area contributed by atoms with Crippen LogP contribution in [0.5, 0.6) is 11.5 Å². The van der Waals surface area contributed by atoms with Crippen LogP contribution < -0.4 is 4.74 Å². The summed E-state index contributed by atoms with van der Waals surface area (Å²) < 4.78 is 6.47. The van der Waals surface area contributed by atoms with Gasteiger partial charge in [0.2, 0.25) is 0 Å². The van der Waals surface area contributed by atoms with E-state index in [4.69, 9.17) is 4.74 Å². The first kappa shape index (κ1) is 23.3. The van der Waals surface area contributed by atoms with Crippen molar-refractivity contribution in [1.29, 1.82) is 0 Å². The molecule has 2 aliphatic rings. The predicted molar refractivity (Wildman–Crippen MR) is 165 cm³/mol. The van der Waals surface area contributed by atoms with Gasteiger partial charge in [0.25, 0.3) is 0 Å². The van der Waals surface area contributed by atoms with E-state index in [9.17, 15) is 0 Å². The first-order valence-corrected chi connectivity index (χ1v) is 14.1. The highest BCUT2D eigenvalue weighted by Crippen LogP contribution is 2.56. The van der Waals surface area contributed by atoms with Crippen molar-refractivity contribution in [2.24, 2.45) is 0 Å². The van der Waals surface area contributed by atoms with E-state index < -0.39 is 0 Å². The van der Waals surface area contributed by atoms with Crippen molar-refractivity contribution in [3.05, 3.63) is 155 Å². The lowest BCUT2D eigenvalue weighted by molar-refractivity contribution is 0.419. The highest BCUT2D eigenvalue weighted by atomic mass is 16.5. The molecule has 1 atom stereocenters. The van der Waals surface area contributed by atoms with Crippen LogP contribution in [0, 0.1) is 0 Å². The molecule has 1 aliphatic carbocycles. The van der Waals surface area contributed by atoms with E-state index in [1.54, 1.807) is 0 Å². The molecule has 8 rings (SSSR count). The van der Waals surface area contributed by atoms with Crippen molar-refractivity contribution in [2.75, 3.05) is 0 Å². The van der Waals surface area contributed by atoms with Gasteiger partial charge in [-0.15, -0.1) is 0 Å². The molecule has 0 fully saturated rings. The average Bonchev–Trinajstić information content (AvgIpc) is 3.24. The quantitative estimate of drug-likeness (QED) is 0.223. The second-order valence-corrected chi connectivity index (χ2v) is 11.9. The van der Waals surface area contributed by atoms with Gasteiger partial charge in [-0.3, -0.25) is 0 Å². The van der Waals surface area contributed by atoms with Gasteiger partial charge in [-0.1, -0.05) is 111 Å². The zero-order valence-electron chi connectivity index (χ0n) is 23.0. The number of benzene rings is 6. The summed E-state index contributed by atoms with van der Waals surface area (Å²) in [5.41, 5.74) is 11.2. The van der Waals surface area contributed by atoms with E-state index in [1.807, 2.05) is 0 Å². The summed E-state index contributed by atoms with van der Waals surface area (Å²) in [6, 6.07) is 46.5. The Morgan fingerprint density at radius 1 is 0.475 bits per heavy atom. The molecule has 0 N–H and O–H groups in total. The van der Waals surface area contributed by atoms with E-state index >= 15 is 0 Å². The van der Waals surface area contributed by atoms with Gasteiger partial charge in [-0.25, -0.2) is 0 Å². The molecule has 1 heterocycles. The fraction of sp³-hybridized carbons (Fsp3) is 0.128. The average molecular weight is 515 g/mol. The van der Waals surface area contributed by atoms with E-state index in [-0.39, 0.29) is 10.8 Å². The van der Waals surface area contributed by atoms with Gasteiger partial charge >= 0.3 is 0 Å². The highest BCUT2D eigenvalue weighted by Gasteiger charge is 2.42. The molecule has 1 heteroatoms. The lowest BCUT2D eigenvalue weighted by Gasteiger charge is -2.36. The maximum atomic E-state index is 6.47. The lowest BCUT2D eigenvalue weighted by atomic mass is 9.71. The summed E-state index contributed by atoms with van der Waals surface area (Å²) in [6.45, 7) is 7.04. The molecule has 0 saturated heterocycles. The Kier molecular flexibility index (Phi) is 4.77. The summed E-state index contributed by atoms with van der Waals surface area (Å²) in [7, 11) is 0. The Labute approximate surface area is 235 Å². The minimum Gasteiger partial charge on any atom is -0.457 e. The predicted octanol–water partition coefficient (Wildman–Crippen LogP) is 10.3.